The number of nitrogen functional groups attached to an aromatic ring is 1. The summed E-state index contributed by atoms with van der Waals surface area (Å²) in [6.45, 7) is 3.32. The molecule has 1 aliphatic heterocycles. The summed E-state index contributed by atoms with van der Waals surface area (Å²) in [5.41, 5.74) is 7.86. The summed E-state index contributed by atoms with van der Waals surface area (Å²) >= 11 is 2.00. The number of thioether (sulfide) groups is 1. The maximum Gasteiger partial charge on any atom is 0.0899 e. The van der Waals surface area contributed by atoms with Gasteiger partial charge in [-0.3, -0.25) is 5.32 Å². The lowest BCUT2D eigenvalue weighted by atomic mass is 10.0. The van der Waals surface area contributed by atoms with Gasteiger partial charge in [0.05, 0.1) is 4.87 Å². The van der Waals surface area contributed by atoms with E-state index in [2.05, 4.69) is 24.4 Å². The van der Waals surface area contributed by atoms with Gasteiger partial charge in [0, 0.05) is 18.0 Å². The summed E-state index contributed by atoms with van der Waals surface area (Å²) in [6.07, 6.45) is 1.11. The van der Waals surface area contributed by atoms with Crippen LogP contribution in [0.3, 0.4) is 0 Å². The lowest BCUT2D eigenvalue weighted by Gasteiger charge is -2.27. The summed E-state index contributed by atoms with van der Waals surface area (Å²) < 4.78 is 0. The molecule has 0 bridgehead atoms. The van der Waals surface area contributed by atoms with Gasteiger partial charge >= 0.3 is 0 Å². The van der Waals surface area contributed by atoms with Gasteiger partial charge in [-0.05, 0) is 24.1 Å². The van der Waals surface area contributed by atoms with Crippen LogP contribution >= 0.6 is 11.8 Å². The van der Waals surface area contributed by atoms with Gasteiger partial charge in [-0.15, -0.1) is 11.8 Å². The van der Waals surface area contributed by atoms with E-state index >= 15 is 0 Å². The normalized spacial score (nSPS) is 26.6. The zero-order chi connectivity index (χ0) is 10.0. The second kappa shape index (κ2) is 3.83. The molecule has 0 amide bonds. The maximum absolute atomic E-state index is 5.68. The fourth-order valence-corrected chi connectivity index (χ4v) is 3.16. The van der Waals surface area contributed by atoms with Crippen LogP contribution in [0.15, 0.2) is 24.3 Å². The Morgan fingerprint density at radius 2 is 2.14 bits per heavy atom. The third kappa shape index (κ3) is 1.62. The second-order valence-corrected chi connectivity index (χ2v) is 4.97. The summed E-state index contributed by atoms with van der Waals surface area (Å²) in [4.78, 5) is 0.133. The molecule has 3 N–H and O–H groups in total. The van der Waals surface area contributed by atoms with Crippen molar-refractivity contribution in [3.05, 3.63) is 29.8 Å². The summed E-state index contributed by atoms with van der Waals surface area (Å²) in [5.74, 6) is 1.19. The molecule has 1 aromatic rings. The predicted molar refractivity (Wildman–Crippen MR) is 63.3 cm³/mol. The lowest BCUT2D eigenvalue weighted by Crippen LogP contribution is -2.33. The molecule has 1 atom stereocenters. The van der Waals surface area contributed by atoms with Crippen LogP contribution in [0.2, 0.25) is 0 Å². The first kappa shape index (κ1) is 9.87. The van der Waals surface area contributed by atoms with Crippen molar-refractivity contribution in [1.29, 1.82) is 0 Å². The Hall–Kier alpha value is -0.670. The largest absolute Gasteiger partial charge is 0.399 e. The van der Waals surface area contributed by atoms with Crippen LogP contribution in [0.25, 0.3) is 0 Å². The van der Waals surface area contributed by atoms with Crippen LogP contribution in [0.1, 0.15) is 18.9 Å². The molecule has 1 saturated heterocycles. The van der Waals surface area contributed by atoms with E-state index in [0.717, 1.165) is 18.7 Å². The van der Waals surface area contributed by atoms with Gasteiger partial charge in [-0.25, -0.2) is 0 Å². The number of hydrogen-bond donors (Lipinski definition) is 2. The molecule has 0 spiro atoms. The monoisotopic (exact) mass is 208 g/mol. The molecule has 1 fully saturated rings. The highest BCUT2D eigenvalue weighted by atomic mass is 32.2. The molecule has 1 aliphatic rings. The highest BCUT2D eigenvalue weighted by molar-refractivity contribution is 8.00. The van der Waals surface area contributed by atoms with Gasteiger partial charge in [0.15, 0.2) is 0 Å². The van der Waals surface area contributed by atoms with Crippen LogP contribution in [-0.2, 0) is 4.87 Å². The molecule has 0 radical (unpaired) electrons. The van der Waals surface area contributed by atoms with Gasteiger partial charge in [0.1, 0.15) is 0 Å². The third-order valence-electron chi connectivity index (χ3n) is 2.74. The van der Waals surface area contributed by atoms with Gasteiger partial charge in [0.2, 0.25) is 0 Å². The van der Waals surface area contributed by atoms with Gasteiger partial charge in [-0.2, -0.15) is 0 Å². The van der Waals surface area contributed by atoms with E-state index in [1.165, 1.54) is 11.3 Å². The van der Waals surface area contributed by atoms with Gasteiger partial charge in [0.25, 0.3) is 0 Å². The van der Waals surface area contributed by atoms with Crippen molar-refractivity contribution in [3.63, 3.8) is 0 Å². The molecule has 1 heterocycles. The van der Waals surface area contributed by atoms with Gasteiger partial charge in [-0.1, -0.05) is 19.1 Å². The SMILES string of the molecule is CC[C@@]1(c2ccc(N)cc2)NCCS1. The van der Waals surface area contributed by atoms with Crippen molar-refractivity contribution in [2.75, 3.05) is 18.0 Å². The Kier molecular flexibility index (Phi) is 2.70. The van der Waals surface area contributed by atoms with Crippen molar-refractivity contribution in [2.45, 2.75) is 18.2 Å². The van der Waals surface area contributed by atoms with E-state index in [9.17, 15) is 0 Å². The lowest BCUT2D eigenvalue weighted by molar-refractivity contribution is 0.509. The fraction of sp³-hybridized carbons (Fsp3) is 0.455. The number of hydrogen-bond acceptors (Lipinski definition) is 3. The van der Waals surface area contributed by atoms with Gasteiger partial charge < -0.3 is 5.73 Å². The van der Waals surface area contributed by atoms with E-state index in [-0.39, 0.29) is 4.87 Å². The van der Waals surface area contributed by atoms with E-state index in [4.69, 9.17) is 5.73 Å². The first-order valence-electron chi connectivity index (χ1n) is 5.02. The Labute approximate surface area is 89.3 Å². The predicted octanol–water partition coefficient (Wildman–Crippen LogP) is 2.17. The molecule has 0 saturated carbocycles. The molecule has 0 aliphatic carbocycles. The molecule has 76 valence electrons. The zero-order valence-electron chi connectivity index (χ0n) is 8.42. The number of rotatable bonds is 2. The average molecular weight is 208 g/mol. The van der Waals surface area contributed by atoms with E-state index in [1.807, 2.05) is 23.9 Å². The molecule has 0 unspecified atom stereocenters. The maximum atomic E-state index is 5.68. The smallest absolute Gasteiger partial charge is 0.0899 e. The average Bonchev–Trinajstić information content (AvgIpc) is 2.68. The molecular weight excluding hydrogens is 192 g/mol. The van der Waals surface area contributed by atoms with E-state index in [1.54, 1.807) is 0 Å². The number of anilines is 1. The molecule has 0 aromatic heterocycles. The van der Waals surface area contributed by atoms with Crippen molar-refractivity contribution in [2.24, 2.45) is 0 Å². The van der Waals surface area contributed by atoms with E-state index < -0.39 is 0 Å². The zero-order valence-corrected chi connectivity index (χ0v) is 9.23. The molecule has 2 rings (SSSR count). The topological polar surface area (TPSA) is 38.0 Å². The molecule has 14 heavy (non-hydrogen) atoms. The number of benzene rings is 1. The second-order valence-electron chi connectivity index (χ2n) is 3.58. The molecular formula is C11H16N2S. The van der Waals surface area contributed by atoms with Crippen molar-refractivity contribution >= 4 is 17.4 Å². The highest BCUT2D eigenvalue weighted by Gasteiger charge is 2.33. The van der Waals surface area contributed by atoms with Crippen LogP contribution < -0.4 is 11.1 Å². The summed E-state index contributed by atoms with van der Waals surface area (Å²) in [7, 11) is 0. The Morgan fingerprint density at radius 1 is 1.43 bits per heavy atom. The van der Waals surface area contributed by atoms with Crippen molar-refractivity contribution < 1.29 is 0 Å². The number of nitrogens with two attached hydrogens (primary N) is 1. The minimum absolute atomic E-state index is 0.133. The van der Waals surface area contributed by atoms with Crippen LogP contribution in [-0.4, -0.2) is 12.3 Å². The minimum Gasteiger partial charge on any atom is -0.399 e. The number of nitrogens with one attached hydrogen (secondary N) is 1. The van der Waals surface area contributed by atoms with E-state index in [0.29, 0.717) is 0 Å². The first-order chi connectivity index (χ1) is 6.77. The van der Waals surface area contributed by atoms with Crippen LogP contribution in [0, 0.1) is 0 Å². The van der Waals surface area contributed by atoms with Crippen molar-refractivity contribution in [1.82, 2.24) is 5.32 Å². The molecule has 1 aromatic carbocycles. The standard InChI is InChI=1S/C11H16N2S/c1-2-11(13-7-8-14-11)9-3-5-10(12)6-4-9/h3-6,13H,2,7-8,12H2,1H3/t11-/m1/s1. The quantitative estimate of drug-likeness (QED) is 0.732. The Morgan fingerprint density at radius 3 is 2.64 bits per heavy atom. The highest BCUT2D eigenvalue weighted by Crippen LogP contribution is 2.40. The summed E-state index contributed by atoms with van der Waals surface area (Å²) in [5, 5.41) is 3.58. The van der Waals surface area contributed by atoms with Crippen molar-refractivity contribution in [3.8, 4) is 0 Å². The third-order valence-corrected chi connectivity index (χ3v) is 4.31. The Balaban J connectivity index is 2.31. The minimum atomic E-state index is 0.133. The fourth-order valence-electron chi connectivity index (χ4n) is 1.90. The molecule has 2 nitrogen and oxygen atoms in total. The van der Waals surface area contributed by atoms with Crippen LogP contribution in [0.4, 0.5) is 5.69 Å². The first-order valence-corrected chi connectivity index (χ1v) is 6.00. The van der Waals surface area contributed by atoms with Crippen LogP contribution in [0.5, 0.6) is 0 Å². The molecule has 3 heteroatoms. The summed E-state index contributed by atoms with van der Waals surface area (Å²) in [6, 6.07) is 8.22. The Bertz CT molecular complexity index is 302.